The molecule has 0 atom stereocenters. The predicted octanol–water partition coefficient (Wildman–Crippen LogP) is 5.45. The number of rotatable bonds is 6. The molecule has 2 aromatic carbocycles. The van der Waals surface area contributed by atoms with Crippen LogP contribution in [0.1, 0.15) is 28.5 Å². The Bertz CT molecular complexity index is 1250. The summed E-state index contributed by atoms with van der Waals surface area (Å²) in [6, 6.07) is 9.24. The van der Waals surface area contributed by atoms with E-state index in [1.54, 1.807) is 31.2 Å². The van der Waals surface area contributed by atoms with Gasteiger partial charge in [-0.2, -0.15) is 0 Å². The first-order chi connectivity index (χ1) is 15.2. The van der Waals surface area contributed by atoms with Crippen molar-refractivity contribution < 1.29 is 29.0 Å². The molecule has 0 aliphatic carbocycles. The number of carboxylic acid groups (broad SMARTS) is 1. The van der Waals surface area contributed by atoms with Crippen LogP contribution in [0.4, 0.5) is 10.5 Å². The van der Waals surface area contributed by atoms with Crippen LogP contribution in [0.25, 0.3) is 22.6 Å². The van der Waals surface area contributed by atoms with Crippen molar-refractivity contribution in [2.45, 2.75) is 6.92 Å². The molecule has 32 heavy (non-hydrogen) atoms. The Morgan fingerprint density at radius 2 is 1.94 bits per heavy atom. The Hall–Kier alpha value is -3.49. The number of fused-ring (bicyclic) bond motifs is 1. The van der Waals surface area contributed by atoms with Crippen LogP contribution in [-0.2, 0) is 14.3 Å². The number of esters is 1. The van der Waals surface area contributed by atoms with Gasteiger partial charge < -0.3 is 19.6 Å². The van der Waals surface area contributed by atoms with Crippen molar-refractivity contribution >= 4 is 69.5 Å². The van der Waals surface area contributed by atoms with Crippen LogP contribution in [0.3, 0.4) is 0 Å². The van der Waals surface area contributed by atoms with Gasteiger partial charge in [0.25, 0.3) is 0 Å². The first-order valence-corrected chi connectivity index (χ1v) is 10.1. The van der Waals surface area contributed by atoms with E-state index >= 15 is 0 Å². The lowest BCUT2D eigenvalue weighted by atomic mass is 10.0. The molecular formula is C22H18Cl2N2O6. The van der Waals surface area contributed by atoms with Gasteiger partial charge in [-0.3, -0.25) is 5.32 Å². The monoisotopic (exact) mass is 476 g/mol. The molecule has 0 bridgehead atoms. The molecule has 0 saturated carbocycles. The quantitative estimate of drug-likeness (QED) is 0.321. The highest BCUT2D eigenvalue weighted by Crippen LogP contribution is 2.35. The number of carbonyl (C=O) groups is 3. The smallest absolute Gasteiger partial charge is 0.411 e. The number of H-pyrrole nitrogens is 1. The largest absolute Gasteiger partial charge is 0.478 e. The van der Waals surface area contributed by atoms with Gasteiger partial charge in [-0.1, -0.05) is 35.3 Å². The highest BCUT2D eigenvalue weighted by Gasteiger charge is 2.22. The molecule has 0 aliphatic heterocycles. The molecule has 8 nitrogen and oxygen atoms in total. The highest BCUT2D eigenvalue weighted by molar-refractivity contribution is 6.39. The van der Waals surface area contributed by atoms with Gasteiger partial charge in [-0.25, -0.2) is 14.4 Å². The normalized spacial score (nSPS) is 11.3. The van der Waals surface area contributed by atoms with E-state index in [0.29, 0.717) is 21.6 Å². The van der Waals surface area contributed by atoms with Crippen LogP contribution in [0, 0.1) is 0 Å². The van der Waals surface area contributed by atoms with Gasteiger partial charge >= 0.3 is 18.0 Å². The van der Waals surface area contributed by atoms with E-state index in [-0.39, 0.29) is 34.0 Å². The lowest BCUT2D eigenvalue weighted by Crippen LogP contribution is -2.11. The Kier molecular flexibility index (Phi) is 7.07. The average molecular weight is 477 g/mol. The second kappa shape index (κ2) is 9.76. The van der Waals surface area contributed by atoms with Crippen LogP contribution in [0.5, 0.6) is 0 Å². The summed E-state index contributed by atoms with van der Waals surface area (Å²) in [5.41, 5.74) is 1.19. The minimum Gasteiger partial charge on any atom is -0.478 e. The second-order valence-corrected chi connectivity index (χ2v) is 7.35. The van der Waals surface area contributed by atoms with E-state index < -0.39 is 18.0 Å². The third-order valence-electron chi connectivity index (χ3n) is 4.46. The topological polar surface area (TPSA) is 118 Å². The number of carbonyl (C=O) groups excluding carboxylic acids is 2. The molecule has 0 unspecified atom stereocenters. The van der Waals surface area contributed by atoms with Gasteiger partial charge in [0, 0.05) is 27.2 Å². The van der Waals surface area contributed by atoms with Crippen LogP contribution in [0.2, 0.25) is 10.0 Å². The molecule has 0 aliphatic rings. The molecule has 0 saturated heterocycles. The fourth-order valence-corrected chi connectivity index (χ4v) is 3.72. The molecule has 1 heterocycles. The van der Waals surface area contributed by atoms with Gasteiger partial charge in [-0.15, -0.1) is 0 Å². The molecule has 1 aromatic heterocycles. The first-order valence-electron chi connectivity index (χ1n) is 9.33. The number of methoxy groups -OCH3 is 1. The molecular weight excluding hydrogens is 459 g/mol. The fourth-order valence-electron chi connectivity index (χ4n) is 3.13. The summed E-state index contributed by atoms with van der Waals surface area (Å²) in [5, 5.41) is 13.4. The summed E-state index contributed by atoms with van der Waals surface area (Å²) >= 11 is 12.4. The number of aromatic amines is 1. The van der Waals surface area contributed by atoms with Gasteiger partial charge in [0.1, 0.15) is 5.69 Å². The Labute approximate surface area is 192 Å². The second-order valence-electron chi connectivity index (χ2n) is 6.50. The van der Waals surface area contributed by atoms with E-state index in [1.165, 1.54) is 25.3 Å². The number of amides is 1. The van der Waals surface area contributed by atoms with Gasteiger partial charge in [0.2, 0.25) is 0 Å². The molecule has 3 rings (SSSR count). The standard InChI is InChI=1S/C22H18Cl2N2O6/c1-3-32-21(29)19-15(18-16(24)8-12(23)9-17(18)26-19)10-14(20(27)28)11-5-4-6-13(7-11)25-22(30)31-2/h4-10,26H,3H2,1-2H3,(H,25,30)(H,27,28)/b14-10-. The zero-order chi connectivity index (χ0) is 23.4. The van der Waals surface area contributed by atoms with Crippen LogP contribution in [0.15, 0.2) is 36.4 Å². The number of aromatic nitrogens is 1. The van der Waals surface area contributed by atoms with Crippen LogP contribution < -0.4 is 5.32 Å². The lowest BCUT2D eigenvalue weighted by molar-refractivity contribution is -0.130. The zero-order valence-electron chi connectivity index (χ0n) is 17.0. The molecule has 1 amide bonds. The number of ether oxygens (including phenoxy) is 2. The minimum atomic E-state index is -1.26. The van der Waals surface area contributed by atoms with Crippen LogP contribution >= 0.6 is 23.2 Å². The molecule has 166 valence electrons. The van der Waals surface area contributed by atoms with Crippen molar-refractivity contribution in [1.29, 1.82) is 0 Å². The summed E-state index contributed by atoms with van der Waals surface area (Å²) < 4.78 is 9.67. The van der Waals surface area contributed by atoms with Crippen molar-refractivity contribution in [3.63, 3.8) is 0 Å². The SMILES string of the molecule is CCOC(=O)c1[nH]c2cc(Cl)cc(Cl)c2c1/C=C(\C(=O)O)c1cccc(NC(=O)OC)c1. The number of hydrogen-bond donors (Lipinski definition) is 3. The molecule has 3 aromatic rings. The van der Waals surface area contributed by atoms with Gasteiger partial charge in [0.05, 0.1) is 24.3 Å². The number of hydrogen-bond acceptors (Lipinski definition) is 5. The number of carboxylic acids is 1. The molecule has 3 N–H and O–H groups in total. The maximum absolute atomic E-state index is 12.6. The zero-order valence-corrected chi connectivity index (χ0v) is 18.5. The summed E-state index contributed by atoms with van der Waals surface area (Å²) in [6.07, 6.45) is 0.623. The fraction of sp³-hybridized carbons (Fsp3) is 0.136. The van der Waals surface area contributed by atoms with E-state index in [4.69, 9.17) is 27.9 Å². The van der Waals surface area contributed by atoms with Gasteiger partial charge in [0.15, 0.2) is 0 Å². The highest BCUT2D eigenvalue weighted by atomic mass is 35.5. The van der Waals surface area contributed by atoms with E-state index in [1.807, 2.05) is 0 Å². The summed E-state index contributed by atoms with van der Waals surface area (Å²) in [4.78, 5) is 39.1. The third-order valence-corrected chi connectivity index (χ3v) is 4.97. The van der Waals surface area contributed by atoms with Gasteiger partial charge in [-0.05, 0) is 42.8 Å². The number of anilines is 1. The van der Waals surface area contributed by atoms with Crippen LogP contribution in [-0.4, -0.2) is 41.8 Å². The van der Waals surface area contributed by atoms with Crippen molar-refractivity contribution in [3.8, 4) is 0 Å². The third kappa shape index (κ3) is 4.87. The van der Waals surface area contributed by atoms with Crippen molar-refractivity contribution in [2.24, 2.45) is 0 Å². The van der Waals surface area contributed by atoms with E-state index in [0.717, 1.165) is 0 Å². The average Bonchev–Trinajstić information content (AvgIpc) is 3.10. The lowest BCUT2D eigenvalue weighted by Gasteiger charge is -2.08. The van der Waals surface area contributed by atoms with Crippen molar-refractivity contribution in [1.82, 2.24) is 4.98 Å². The van der Waals surface area contributed by atoms with E-state index in [9.17, 15) is 19.5 Å². The minimum absolute atomic E-state index is 0.0357. The number of nitrogens with one attached hydrogen (secondary N) is 2. The van der Waals surface area contributed by atoms with Crippen molar-refractivity contribution in [3.05, 3.63) is 63.3 Å². The Morgan fingerprint density at radius 1 is 1.19 bits per heavy atom. The van der Waals surface area contributed by atoms with Crippen molar-refractivity contribution in [2.75, 3.05) is 19.0 Å². The molecule has 0 fully saturated rings. The van der Waals surface area contributed by atoms with E-state index in [2.05, 4.69) is 15.0 Å². The molecule has 0 spiro atoms. The Balaban J connectivity index is 2.23. The Morgan fingerprint density at radius 3 is 2.59 bits per heavy atom. The maximum Gasteiger partial charge on any atom is 0.411 e. The molecule has 0 radical (unpaired) electrons. The first kappa shape index (κ1) is 23.2. The number of benzene rings is 2. The summed E-state index contributed by atoms with van der Waals surface area (Å²) in [6.45, 7) is 1.78. The number of aliphatic carboxylic acids is 1. The summed E-state index contributed by atoms with van der Waals surface area (Å²) in [7, 11) is 1.21. The summed E-state index contributed by atoms with van der Waals surface area (Å²) in [5.74, 6) is -1.93. The maximum atomic E-state index is 12.6. The molecule has 10 heteroatoms. The predicted molar refractivity (Wildman–Crippen MR) is 122 cm³/mol. The number of halogens is 2.